The SMILES string of the molecule is CCCCCN(C(=O)C(NC(=O)OC(C)(C)C)C(C)C)C(C(=O)Nc1ccc(OC)cc1)c1ccccc1. The molecule has 0 heterocycles. The van der Waals surface area contributed by atoms with Crippen LogP contribution in [0.25, 0.3) is 0 Å². The van der Waals surface area contributed by atoms with Gasteiger partial charge in [-0.2, -0.15) is 0 Å². The summed E-state index contributed by atoms with van der Waals surface area (Å²) >= 11 is 0. The van der Waals surface area contributed by atoms with Gasteiger partial charge in [0.1, 0.15) is 23.4 Å². The summed E-state index contributed by atoms with van der Waals surface area (Å²) in [7, 11) is 1.58. The molecule has 0 spiro atoms. The highest BCUT2D eigenvalue weighted by Crippen LogP contribution is 2.26. The predicted octanol–water partition coefficient (Wildman–Crippen LogP) is 5.94. The molecule has 0 radical (unpaired) electrons. The van der Waals surface area contributed by atoms with Crippen molar-refractivity contribution in [2.75, 3.05) is 19.0 Å². The summed E-state index contributed by atoms with van der Waals surface area (Å²) in [6.45, 7) is 11.5. The lowest BCUT2D eigenvalue weighted by molar-refractivity contribution is -0.141. The van der Waals surface area contributed by atoms with Gasteiger partial charge in [0.25, 0.3) is 5.91 Å². The van der Waals surface area contributed by atoms with Gasteiger partial charge >= 0.3 is 6.09 Å². The van der Waals surface area contributed by atoms with E-state index < -0.39 is 23.8 Å². The first kappa shape index (κ1) is 30.7. The molecule has 2 aromatic carbocycles. The molecule has 0 aliphatic rings. The van der Waals surface area contributed by atoms with Crippen molar-refractivity contribution in [3.05, 3.63) is 60.2 Å². The van der Waals surface area contributed by atoms with E-state index in [0.29, 0.717) is 23.5 Å². The van der Waals surface area contributed by atoms with Crippen molar-refractivity contribution in [1.82, 2.24) is 10.2 Å². The number of benzene rings is 2. The number of alkyl carbamates (subject to hydrolysis) is 1. The van der Waals surface area contributed by atoms with E-state index in [0.717, 1.165) is 19.3 Å². The molecule has 3 amide bonds. The minimum Gasteiger partial charge on any atom is -0.497 e. The molecular formula is C30H43N3O5. The predicted molar refractivity (Wildman–Crippen MR) is 150 cm³/mol. The molecule has 2 aromatic rings. The van der Waals surface area contributed by atoms with Crippen LogP contribution in [0.2, 0.25) is 0 Å². The Balaban J connectivity index is 2.46. The Kier molecular flexibility index (Phi) is 11.6. The third kappa shape index (κ3) is 9.39. The molecule has 0 saturated heterocycles. The molecule has 0 bridgehead atoms. The molecule has 208 valence electrons. The quantitative estimate of drug-likeness (QED) is 0.334. The summed E-state index contributed by atoms with van der Waals surface area (Å²) in [5.74, 6) is -0.233. The van der Waals surface area contributed by atoms with Crippen LogP contribution in [0.1, 0.15) is 72.4 Å². The van der Waals surface area contributed by atoms with Crippen LogP contribution in [0.4, 0.5) is 10.5 Å². The zero-order valence-electron chi connectivity index (χ0n) is 23.7. The van der Waals surface area contributed by atoms with Crippen molar-refractivity contribution < 1.29 is 23.9 Å². The molecule has 2 atom stereocenters. The average molecular weight is 526 g/mol. The van der Waals surface area contributed by atoms with Crippen molar-refractivity contribution >= 4 is 23.6 Å². The van der Waals surface area contributed by atoms with Crippen molar-refractivity contribution in [2.24, 2.45) is 5.92 Å². The number of nitrogens with one attached hydrogen (secondary N) is 2. The summed E-state index contributed by atoms with van der Waals surface area (Å²) in [4.78, 5) is 42.1. The number of hydrogen-bond donors (Lipinski definition) is 2. The smallest absolute Gasteiger partial charge is 0.408 e. The monoisotopic (exact) mass is 525 g/mol. The second kappa shape index (κ2) is 14.4. The van der Waals surface area contributed by atoms with Crippen LogP contribution in [0, 0.1) is 5.92 Å². The highest BCUT2D eigenvalue weighted by molar-refractivity contribution is 5.99. The van der Waals surface area contributed by atoms with Gasteiger partial charge in [0.05, 0.1) is 7.11 Å². The van der Waals surface area contributed by atoms with Gasteiger partial charge in [0.2, 0.25) is 5.91 Å². The number of carbonyl (C=O) groups excluding carboxylic acids is 3. The third-order valence-corrected chi connectivity index (χ3v) is 5.92. The first-order chi connectivity index (χ1) is 18.0. The first-order valence-corrected chi connectivity index (χ1v) is 13.3. The number of ether oxygens (including phenoxy) is 2. The molecule has 2 unspecified atom stereocenters. The van der Waals surface area contributed by atoms with Crippen LogP contribution in [0.15, 0.2) is 54.6 Å². The number of nitrogens with zero attached hydrogens (tertiary/aromatic N) is 1. The number of hydrogen-bond acceptors (Lipinski definition) is 5. The zero-order valence-corrected chi connectivity index (χ0v) is 23.7. The molecule has 0 aliphatic heterocycles. The van der Waals surface area contributed by atoms with Gasteiger partial charge in [-0.25, -0.2) is 4.79 Å². The molecule has 0 aliphatic carbocycles. The maximum atomic E-state index is 14.1. The van der Waals surface area contributed by atoms with Crippen LogP contribution >= 0.6 is 0 Å². The molecule has 0 saturated carbocycles. The molecule has 8 nitrogen and oxygen atoms in total. The molecule has 0 fully saturated rings. The molecule has 38 heavy (non-hydrogen) atoms. The molecule has 8 heteroatoms. The summed E-state index contributed by atoms with van der Waals surface area (Å²) in [5.41, 5.74) is 0.563. The topological polar surface area (TPSA) is 97.0 Å². The van der Waals surface area contributed by atoms with Crippen LogP contribution in [-0.2, 0) is 14.3 Å². The fourth-order valence-corrected chi connectivity index (χ4v) is 4.02. The number of anilines is 1. The fraction of sp³-hybridized carbons (Fsp3) is 0.500. The first-order valence-electron chi connectivity index (χ1n) is 13.3. The van der Waals surface area contributed by atoms with E-state index in [1.54, 1.807) is 57.0 Å². The Morgan fingerprint density at radius 1 is 0.947 bits per heavy atom. The minimum absolute atomic E-state index is 0.232. The van der Waals surface area contributed by atoms with E-state index in [-0.39, 0.29) is 17.7 Å². The van der Waals surface area contributed by atoms with Crippen LogP contribution in [0.3, 0.4) is 0 Å². The third-order valence-electron chi connectivity index (χ3n) is 5.92. The van der Waals surface area contributed by atoms with Crippen LogP contribution in [-0.4, -0.2) is 48.1 Å². The lowest BCUT2D eigenvalue weighted by Crippen LogP contribution is -2.54. The maximum absolute atomic E-state index is 14.1. The highest BCUT2D eigenvalue weighted by atomic mass is 16.6. The number of amides is 3. The second-order valence-electron chi connectivity index (χ2n) is 10.6. The summed E-state index contributed by atoms with van der Waals surface area (Å²) in [6.07, 6.45) is 1.91. The number of unbranched alkanes of at least 4 members (excludes halogenated alkanes) is 2. The van der Waals surface area contributed by atoms with Crippen molar-refractivity contribution in [2.45, 2.75) is 78.5 Å². The lowest BCUT2D eigenvalue weighted by atomic mass is 9.98. The highest BCUT2D eigenvalue weighted by Gasteiger charge is 2.37. The van der Waals surface area contributed by atoms with Gasteiger partial charge in [-0.1, -0.05) is 63.9 Å². The normalized spacial score (nSPS) is 12.8. The number of carbonyl (C=O) groups is 3. The summed E-state index contributed by atoms with van der Waals surface area (Å²) < 4.78 is 10.6. The minimum atomic E-state index is -0.899. The Hall–Kier alpha value is -3.55. The van der Waals surface area contributed by atoms with Gasteiger partial charge in [0, 0.05) is 12.2 Å². The Morgan fingerprint density at radius 2 is 1.58 bits per heavy atom. The van der Waals surface area contributed by atoms with Crippen molar-refractivity contribution in [3.8, 4) is 5.75 Å². The number of methoxy groups -OCH3 is 1. The summed E-state index contributed by atoms with van der Waals surface area (Å²) in [6, 6.07) is 14.5. The Morgan fingerprint density at radius 3 is 2.11 bits per heavy atom. The molecule has 0 aromatic heterocycles. The van der Waals surface area contributed by atoms with E-state index in [4.69, 9.17) is 9.47 Å². The van der Waals surface area contributed by atoms with Crippen molar-refractivity contribution in [1.29, 1.82) is 0 Å². The van der Waals surface area contributed by atoms with Crippen LogP contribution in [0.5, 0.6) is 5.75 Å². The van der Waals surface area contributed by atoms with Crippen LogP contribution < -0.4 is 15.4 Å². The van der Waals surface area contributed by atoms with Gasteiger partial charge < -0.3 is 25.0 Å². The van der Waals surface area contributed by atoms with E-state index >= 15 is 0 Å². The van der Waals surface area contributed by atoms with Gasteiger partial charge in [-0.15, -0.1) is 0 Å². The van der Waals surface area contributed by atoms with E-state index in [2.05, 4.69) is 17.6 Å². The fourth-order valence-electron chi connectivity index (χ4n) is 4.02. The maximum Gasteiger partial charge on any atom is 0.408 e. The van der Waals surface area contributed by atoms with E-state index in [9.17, 15) is 14.4 Å². The largest absolute Gasteiger partial charge is 0.497 e. The van der Waals surface area contributed by atoms with Gasteiger partial charge in [0.15, 0.2) is 0 Å². The van der Waals surface area contributed by atoms with E-state index in [1.807, 2.05) is 44.2 Å². The van der Waals surface area contributed by atoms with E-state index in [1.165, 1.54) is 0 Å². The second-order valence-corrected chi connectivity index (χ2v) is 10.6. The average Bonchev–Trinajstić information content (AvgIpc) is 2.86. The van der Waals surface area contributed by atoms with Gasteiger partial charge in [-0.3, -0.25) is 9.59 Å². The Bertz CT molecular complexity index is 1030. The molecular weight excluding hydrogens is 482 g/mol. The standard InChI is InChI=1S/C30H43N3O5/c1-8-9-13-20-33(28(35)25(21(2)3)32-29(36)38-30(4,5)6)26(22-14-11-10-12-15-22)27(34)31-23-16-18-24(37-7)19-17-23/h10-12,14-19,21,25-26H,8-9,13,20H2,1-7H3,(H,31,34)(H,32,36). The van der Waals surface area contributed by atoms with Gasteiger partial charge in [-0.05, 0) is 62.9 Å². The molecule has 2 N–H and O–H groups in total. The lowest BCUT2D eigenvalue weighted by Gasteiger charge is -2.35. The summed E-state index contributed by atoms with van der Waals surface area (Å²) in [5, 5.41) is 5.71. The number of rotatable bonds is 12. The zero-order chi connectivity index (χ0) is 28.3. The van der Waals surface area contributed by atoms with Crippen molar-refractivity contribution in [3.63, 3.8) is 0 Å². The Labute approximate surface area is 227 Å². The molecule has 2 rings (SSSR count).